The highest BCUT2D eigenvalue weighted by atomic mass is 32.1. The van der Waals surface area contributed by atoms with E-state index in [1.807, 2.05) is 6.92 Å². The Kier molecular flexibility index (Phi) is 5.14. The minimum atomic E-state index is -0.941. The number of aromatic nitrogens is 1. The summed E-state index contributed by atoms with van der Waals surface area (Å²) < 4.78 is 0. The van der Waals surface area contributed by atoms with Gasteiger partial charge in [-0.25, -0.2) is 9.78 Å². The molecule has 0 spiro atoms. The highest BCUT2D eigenvalue weighted by Crippen LogP contribution is 2.27. The maximum absolute atomic E-state index is 11.0. The van der Waals surface area contributed by atoms with Crippen LogP contribution in [-0.4, -0.2) is 29.1 Å². The standard InChI is InChI=1S/C13H22N2O2S/c1-8(2)6-15(7-9(3)4)13-14-11(12(16)17)10(5)18-13/h8-9H,6-7H2,1-5H3,(H,16,17). The summed E-state index contributed by atoms with van der Waals surface area (Å²) in [7, 11) is 0. The van der Waals surface area contributed by atoms with Gasteiger partial charge in [0, 0.05) is 18.0 Å². The van der Waals surface area contributed by atoms with Crippen molar-refractivity contribution in [2.45, 2.75) is 34.6 Å². The van der Waals surface area contributed by atoms with Gasteiger partial charge in [-0.05, 0) is 18.8 Å². The summed E-state index contributed by atoms with van der Waals surface area (Å²) >= 11 is 1.47. The number of aryl methyl sites for hydroxylation is 1. The Morgan fingerprint density at radius 2 is 1.78 bits per heavy atom. The van der Waals surface area contributed by atoms with Gasteiger partial charge in [-0.3, -0.25) is 0 Å². The van der Waals surface area contributed by atoms with Crippen LogP contribution in [0.1, 0.15) is 43.1 Å². The summed E-state index contributed by atoms with van der Waals surface area (Å²) in [6.45, 7) is 12.3. The van der Waals surface area contributed by atoms with Crippen molar-refractivity contribution in [3.05, 3.63) is 10.6 Å². The lowest BCUT2D eigenvalue weighted by molar-refractivity contribution is 0.0690. The number of anilines is 1. The van der Waals surface area contributed by atoms with Crippen LogP contribution in [0.2, 0.25) is 0 Å². The van der Waals surface area contributed by atoms with Crippen LogP contribution in [0.4, 0.5) is 5.13 Å². The molecule has 0 aliphatic carbocycles. The van der Waals surface area contributed by atoms with E-state index in [0.717, 1.165) is 23.1 Å². The van der Waals surface area contributed by atoms with E-state index in [1.165, 1.54) is 11.3 Å². The molecule has 1 heterocycles. The van der Waals surface area contributed by atoms with E-state index in [2.05, 4.69) is 37.6 Å². The van der Waals surface area contributed by atoms with Crippen molar-refractivity contribution in [1.82, 2.24) is 4.98 Å². The first-order valence-electron chi connectivity index (χ1n) is 6.27. The Bertz CT molecular complexity index is 403. The molecule has 0 aromatic carbocycles. The van der Waals surface area contributed by atoms with E-state index in [9.17, 15) is 4.79 Å². The minimum absolute atomic E-state index is 0.188. The molecule has 0 saturated heterocycles. The molecule has 0 bridgehead atoms. The van der Waals surface area contributed by atoms with Crippen LogP contribution in [0.25, 0.3) is 0 Å². The van der Waals surface area contributed by atoms with Crippen LogP contribution < -0.4 is 4.90 Å². The highest BCUT2D eigenvalue weighted by Gasteiger charge is 2.19. The molecule has 0 aliphatic rings. The van der Waals surface area contributed by atoms with E-state index >= 15 is 0 Å². The molecule has 0 unspecified atom stereocenters. The topological polar surface area (TPSA) is 53.4 Å². The number of carboxylic acids is 1. The van der Waals surface area contributed by atoms with E-state index in [4.69, 9.17) is 5.11 Å². The molecule has 1 N–H and O–H groups in total. The molecular weight excluding hydrogens is 248 g/mol. The normalized spacial score (nSPS) is 11.3. The Hall–Kier alpha value is -1.10. The molecular formula is C13H22N2O2S. The maximum Gasteiger partial charge on any atom is 0.355 e. The molecule has 5 heteroatoms. The molecule has 1 aromatic heterocycles. The Morgan fingerprint density at radius 1 is 1.28 bits per heavy atom. The first-order chi connectivity index (χ1) is 8.31. The highest BCUT2D eigenvalue weighted by molar-refractivity contribution is 7.15. The lowest BCUT2D eigenvalue weighted by Crippen LogP contribution is -2.31. The fraction of sp³-hybridized carbons (Fsp3) is 0.692. The second kappa shape index (κ2) is 6.18. The fourth-order valence-electron chi connectivity index (χ4n) is 1.83. The zero-order chi connectivity index (χ0) is 13.9. The number of nitrogens with zero attached hydrogens (tertiary/aromatic N) is 2. The van der Waals surface area contributed by atoms with Crippen LogP contribution >= 0.6 is 11.3 Å². The molecule has 0 amide bonds. The van der Waals surface area contributed by atoms with Crippen molar-refractivity contribution in [2.75, 3.05) is 18.0 Å². The number of thiazole rings is 1. The molecule has 0 saturated carbocycles. The monoisotopic (exact) mass is 270 g/mol. The summed E-state index contributed by atoms with van der Waals surface area (Å²) in [5, 5.41) is 9.88. The Balaban J connectivity index is 2.97. The second-order valence-electron chi connectivity index (χ2n) is 5.40. The predicted molar refractivity (Wildman–Crippen MR) is 75.7 cm³/mol. The second-order valence-corrected chi connectivity index (χ2v) is 6.58. The van der Waals surface area contributed by atoms with E-state index in [-0.39, 0.29) is 5.69 Å². The average Bonchev–Trinajstić information content (AvgIpc) is 2.57. The van der Waals surface area contributed by atoms with Crippen molar-refractivity contribution in [1.29, 1.82) is 0 Å². The van der Waals surface area contributed by atoms with Gasteiger partial charge in [0.15, 0.2) is 10.8 Å². The minimum Gasteiger partial charge on any atom is -0.476 e. The predicted octanol–water partition coefficient (Wildman–Crippen LogP) is 3.27. The third-order valence-corrected chi connectivity index (χ3v) is 3.46. The third-order valence-electron chi connectivity index (χ3n) is 2.43. The van der Waals surface area contributed by atoms with Crippen LogP contribution in [0.5, 0.6) is 0 Å². The smallest absolute Gasteiger partial charge is 0.355 e. The van der Waals surface area contributed by atoms with Crippen LogP contribution in [0.3, 0.4) is 0 Å². The van der Waals surface area contributed by atoms with Crippen molar-refractivity contribution >= 4 is 22.4 Å². The van der Waals surface area contributed by atoms with E-state index < -0.39 is 5.97 Å². The number of hydrogen-bond acceptors (Lipinski definition) is 4. The number of hydrogen-bond donors (Lipinski definition) is 1. The summed E-state index contributed by atoms with van der Waals surface area (Å²) in [6.07, 6.45) is 0. The molecule has 0 atom stereocenters. The quantitative estimate of drug-likeness (QED) is 0.862. The lowest BCUT2D eigenvalue weighted by atomic mass is 10.1. The van der Waals surface area contributed by atoms with Gasteiger partial charge in [-0.15, -0.1) is 11.3 Å². The van der Waals surface area contributed by atoms with Crippen molar-refractivity contribution in [3.8, 4) is 0 Å². The van der Waals surface area contributed by atoms with Crippen LogP contribution in [0, 0.1) is 18.8 Å². The summed E-state index contributed by atoms with van der Waals surface area (Å²) in [5.41, 5.74) is 0.188. The number of carbonyl (C=O) groups is 1. The zero-order valence-electron chi connectivity index (χ0n) is 11.7. The maximum atomic E-state index is 11.0. The Morgan fingerprint density at radius 3 is 2.11 bits per heavy atom. The molecule has 1 rings (SSSR count). The summed E-state index contributed by atoms with van der Waals surface area (Å²) in [6, 6.07) is 0. The third kappa shape index (κ3) is 3.98. The van der Waals surface area contributed by atoms with Crippen LogP contribution in [-0.2, 0) is 0 Å². The first kappa shape index (κ1) is 15.0. The van der Waals surface area contributed by atoms with Gasteiger partial charge in [-0.2, -0.15) is 0 Å². The lowest BCUT2D eigenvalue weighted by Gasteiger charge is -2.25. The van der Waals surface area contributed by atoms with Gasteiger partial charge >= 0.3 is 5.97 Å². The average molecular weight is 270 g/mol. The van der Waals surface area contributed by atoms with Gasteiger partial charge in [-0.1, -0.05) is 27.7 Å². The first-order valence-corrected chi connectivity index (χ1v) is 7.08. The van der Waals surface area contributed by atoms with Crippen molar-refractivity contribution in [2.24, 2.45) is 11.8 Å². The molecule has 4 nitrogen and oxygen atoms in total. The molecule has 0 radical (unpaired) electrons. The molecule has 18 heavy (non-hydrogen) atoms. The van der Waals surface area contributed by atoms with Gasteiger partial charge in [0.05, 0.1) is 0 Å². The van der Waals surface area contributed by atoms with E-state index in [0.29, 0.717) is 11.8 Å². The molecule has 0 aliphatic heterocycles. The molecule has 102 valence electrons. The van der Waals surface area contributed by atoms with E-state index in [1.54, 1.807) is 0 Å². The number of carboxylic acid groups (broad SMARTS) is 1. The van der Waals surface area contributed by atoms with Crippen LogP contribution in [0.15, 0.2) is 0 Å². The van der Waals surface area contributed by atoms with Gasteiger partial charge in [0.25, 0.3) is 0 Å². The summed E-state index contributed by atoms with van der Waals surface area (Å²) in [4.78, 5) is 18.3. The van der Waals surface area contributed by atoms with Crippen molar-refractivity contribution in [3.63, 3.8) is 0 Å². The molecule has 1 aromatic rings. The SMILES string of the molecule is Cc1sc(N(CC(C)C)CC(C)C)nc1C(=O)O. The number of aromatic carboxylic acids is 1. The number of rotatable bonds is 6. The Labute approximate surface area is 113 Å². The van der Waals surface area contributed by atoms with Crippen molar-refractivity contribution < 1.29 is 9.90 Å². The zero-order valence-corrected chi connectivity index (χ0v) is 12.5. The summed E-state index contributed by atoms with van der Waals surface area (Å²) in [5.74, 6) is 0.117. The van der Waals surface area contributed by atoms with Gasteiger partial charge in [0.2, 0.25) is 0 Å². The molecule has 0 fully saturated rings. The largest absolute Gasteiger partial charge is 0.476 e. The fourth-order valence-corrected chi connectivity index (χ4v) is 2.75. The van der Waals surface area contributed by atoms with Gasteiger partial charge < -0.3 is 10.0 Å². The van der Waals surface area contributed by atoms with Gasteiger partial charge in [0.1, 0.15) is 0 Å².